The fraction of sp³-hybridized carbons (Fsp3) is 0.588. The quantitative estimate of drug-likeness (QED) is 0.717. The third-order valence-electron chi connectivity index (χ3n) is 4.31. The predicted molar refractivity (Wildman–Crippen MR) is 96.7 cm³/mol. The number of carbonyl (C=O) groups is 2. The van der Waals surface area contributed by atoms with Crippen LogP contribution in [-0.4, -0.2) is 70.3 Å². The van der Waals surface area contributed by atoms with E-state index >= 15 is 0 Å². The molecule has 0 aliphatic carbocycles. The van der Waals surface area contributed by atoms with Crippen LogP contribution in [0.3, 0.4) is 0 Å². The Morgan fingerprint density at radius 1 is 1.44 bits per heavy atom. The first-order valence-electron chi connectivity index (χ1n) is 8.76. The Morgan fingerprint density at radius 2 is 2.20 bits per heavy atom. The van der Waals surface area contributed by atoms with Crippen molar-refractivity contribution in [2.24, 2.45) is 0 Å². The third-order valence-corrected chi connectivity index (χ3v) is 4.31. The van der Waals surface area contributed by atoms with E-state index in [4.69, 9.17) is 0 Å². The molecule has 1 aromatic rings. The van der Waals surface area contributed by atoms with Gasteiger partial charge in [0, 0.05) is 44.5 Å². The lowest BCUT2D eigenvalue weighted by molar-refractivity contribution is -0.136. The first-order valence-corrected chi connectivity index (χ1v) is 8.76. The smallest absolute Gasteiger partial charge is 0.376 e. The number of aromatic nitrogens is 1. The van der Waals surface area contributed by atoms with E-state index in [1.807, 2.05) is 30.8 Å². The summed E-state index contributed by atoms with van der Waals surface area (Å²) in [5, 5.41) is 12.7. The Morgan fingerprint density at radius 3 is 2.80 bits per heavy atom. The van der Waals surface area contributed by atoms with Crippen molar-refractivity contribution < 1.29 is 14.6 Å². The molecule has 0 saturated carbocycles. The monoisotopic (exact) mass is 346 g/mol. The van der Waals surface area contributed by atoms with Gasteiger partial charge in [-0.25, -0.2) is 0 Å². The Hall–Kier alpha value is -1.93. The molecule has 2 heterocycles. The van der Waals surface area contributed by atoms with Crippen molar-refractivity contribution in [1.82, 2.24) is 20.0 Å². The number of nitrogens with zero attached hydrogens (tertiary/aromatic N) is 3. The molecule has 1 unspecified atom stereocenters. The van der Waals surface area contributed by atoms with E-state index in [0.29, 0.717) is 19.6 Å². The topological polar surface area (TPSA) is 85.8 Å². The minimum absolute atomic E-state index is 0.0133. The van der Waals surface area contributed by atoms with Crippen LogP contribution in [0.2, 0.25) is 6.82 Å². The molecular weight excluding hydrogens is 319 g/mol. The highest BCUT2D eigenvalue weighted by Crippen LogP contribution is 2.16. The molecule has 8 heteroatoms. The average Bonchev–Trinajstić information content (AvgIpc) is 2.54. The lowest BCUT2D eigenvalue weighted by Crippen LogP contribution is -2.59. The van der Waals surface area contributed by atoms with E-state index in [-0.39, 0.29) is 36.7 Å². The third kappa shape index (κ3) is 5.83. The van der Waals surface area contributed by atoms with E-state index in [9.17, 15) is 14.6 Å². The molecule has 0 radical (unpaired) electrons. The van der Waals surface area contributed by atoms with Crippen molar-refractivity contribution in [3.8, 4) is 0 Å². The second kappa shape index (κ2) is 8.96. The molecule has 136 valence electrons. The summed E-state index contributed by atoms with van der Waals surface area (Å²) in [5.41, 5.74) is 0.857. The van der Waals surface area contributed by atoms with Crippen molar-refractivity contribution in [2.75, 3.05) is 19.6 Å². The zero-order valence-electron chi connectivity index (χ0n) is 15.2. The fourth-order valence-electron chi connectivity index (χ4n) is 3.10. The van der Waals surface area contributed by atoms with Gasteiger partial charge in [0.2, 0.25) is 11.8 Å². The number of rotatable bonds is 6. The molecule has 1 aliphatic rings. The maximum Gasteiger partial charge on any atom is 0.376 e. The van der Waals surface area contributed by atoms with Crippen LogP contribution in [0.4, 0.5) is 0 Å². The summed E-state index contributed by atoms with van der Waals surface area (Å²) >= 11 is 0. The Bertz CT molecular complexity index is 583. The second-order valence-electron chi connectivity index (χ2n) is 6.83. The van der Waals surface area contributed by atoms with Crippen molar-refractivity contribution in [3.63, 3.8) is 0 Å². The number of amides is 2. The SMILES string of the molecule is CB(O)N1CCN(C(=O)Cc2cccnc2)C(CC(=O)NC(C)C)C1. The molecule has 0 aromatic carbocycles. The van der Waals surface area contributed by atoms with E-state index in [0.717, 1.165) is 5.56 Å². The van der Waals surface area contributed by atoms with Gasteiger partial charge < -0.3 is 20.1 Å². The fourth-order valence-corrected chi connectivity index (χ4v) is 3.10. The summed E-state index contributed by atoms with van der Waals surface area (Å²) in [6.07, 6.45) is 3.86. The molecule has 1 aliphatic heterocycles. The van der Waals surface area contributed by atoms with Crippen LogP contribution in [0.15, 0.2) is 24.5 Å². The molecule has 2 N–H and O–H groups in total. The number of hydrogen-bond donors (Lipinski definition) is 2. The standard InChI is InChI=1S/C17H27BN4O3/c1-13(2)20-16(23)10-15-12-21(18(3)25)7-8-22(15)17(24)9-14-5-4-6-19-11-14/h4-6,11,13,15,25H,7-10,12H2,1-3H3,(H,20,23). The highest BCUT2D eigenvalue weighted by atomic mass is 16.2. The minimum Gasteiger partial charge on any atom is -0.437 e. The average molecular weight is 346 g/mol. The summed E-state index contributed by atoms with van der Waals surface area (Å²) in [6.45, 7) is 7.11. The summed E-state index contributed by atoms with van der Waals surface area (Å²) in [4.78, 5) is 32.6. The van der Waals surface area contributed by atoms with Crippen LogP contribution >= 0.6 is 0 Å². The lowest BCUT2D eigenvalue weighted by atomic mass is 9.83. The normalized spacial score (nSPS) is 18.3. The Kier molecular flexibility index (Phi) is 6.96. The number of piperazine rings is 1. The number of pyridine rings is 1. The predicted octanol–water partition coefficient (Wildman–Crippen LogP) is 0.162. The van der Waals surface area contributed by atoms with Crippen LogP contribution in [-0.2, 0) is 16.0 Å². The van der Waals surface area contributed by atoms with Crippen LogP contribution in [0.25, 0.3) is 0 Å². The van der Waals surface area contributed by atoms with Gasteiger partial charge in [0.1, 0.15) is 0 Å². The molecule has 0 spiro atoms. The Labute approximate surface area is 149 Å². The summed E-state index contributed by atoms with van der Waals surface area (Å²) in [6, 6.07) is 3.49. The van der Waals surface area contributed by atoms with Gasteiger partial charge in [0.25, 0.3) is 0 Å². The number of hydrogen-bond acceptors (Lipinski definition) is 5. The van der Waals surface area contributed by atoms with Crippen LogP contribution in [0.1, 0.15) is 25.8 Å². The van der Waals surface area contributed by atoms with Crippen molar-refractivity contribution >= 4 is 18.9 Å². The summed E-state index contributed by atoms with van der Waals surface area (Å²) in [7, 11) is -0.591. The van der Waals surface area contributed by atoms with Gasteiger partial charge in [0.05, 0.1) is 12.5 Å². The van der Waals surface area contributed by atoms with Crippen LogP contribution in [0, 0.1) is 0 Å². The van der Waals surface area contributed by atoms with Gasteiger partial charge in [-0.2, -0.15) is 0 Å². The number of nitrogens with one attached hydrogen (secondary N) is 1. The molecule has 25 heavy (non-hydrogen) atoms. The van der Waals surface area contributed by atoms with Gasteiger partial charge in [-0.05, 0) is 32.3 Å². The van der Waals surface area contributed by atoms with Gasteiger partial charge in [-0.15, -0.1) is 0 Å². The maximum absolute atomic E-state index is 12.7. The first-order chi connectivity index (χ1) is 11.9. The largest absolute Gasteiger partial charge is 0.437 e. The lowest BCUT2D eigenvalue weighted by Gasteiger charge is -2.42. The van der Waals surface area contributed by atoms with E-state index < -0.39 is 7.05 Å². The Balaban J connectivity index is 2.06. The zero-order valence-corrected chi connectivity index (χ0v) is 15.2. The molecule has 1 aromatic heterocycles. The highest BCUT2D eigenvalue weighted by Gasteiger charge is 2.34. The summed E-state index contributed by atoms with van der Waals surface area (Å²) in [5.74, 6) is -0.0905. The van der Waals surface area contributed by atoms with E-state index in [1.165, 1.54) is 0 Å². The molecule has 1 saturated heterocycles. The van der Waals surface area contributed by atoms with E-state index in [1.54, 1.807) is 24.1 Å². The summed E-state index contributed by atoms with van der Waals surface area (Å²) < 4.78 is 0. The van der Waals surface area contributed by atoms with Gasteiger partial charge >= 0.3 is 7.05 Å². The molecule has 1 atom stereocenters. The second-order valence-corrected chi connectivity index (χ2v) is 6.83. The van der Waals surface area contributed by atoms with Gasteiger partial charge in [-0.3, -0.25) is 14.6 Å². The maximum atomic E-state index is 12.7. The van der Waals surface area contributed by atoms with Crippen molar-refractivity contribution in [3.05, 3.63) is 30.1 Å². The van der Waals surface area contributed by atoms with Gasteiger partial charge in [-0.1, -0.05) is 6.07 Å². The molecule has 2 amide bonds. The molecule has 7 nitrogen and oxygen atoms in total. The first kappa shape index (κ1) is 19.4. The van der Waals surface area contributed by atoms with Crippen LogP contribution < -0.4 is 5.32 Å². The molecular formula is C17H27BN4O3. The molecule has 2 rings (SSSR count). The number of carbonyl (C=O) groups excluding carboxylic acids is 2. The van der Waals surface area contributed by atoms with Gasteiger partial charge in [0.15, 0.2) is 0 Å². The zero-order chi connectivity index (χ0) is 18.4. The molecule has 1 fully saturated rings. The van der Waals surface area contributed by atoms with Crippen LogP contribution in [0.5, 0.6) is 0 Å². The molecule has 0 bridgehead atoms. The van der Waals surface area contributed by atoms with Crippen molar-refractivity contribution in [1.29, 1.82) is 0 Å². The highest BCUT2D eigenvalue weighted by molar-refractivity contribution is 6.45. The van der Waals surface area contributed by atoms with Crippen molar-refractivity contribution in [2.45, 2.75) is 45.6 Å². The minimum atomic E-state index is -0.591. The van der Waals surface area contributed by atoms with E-state index in [2.05, 4.69) is 10.3 Å².